The number of nitrogens with two attached hydrogens (primary N) is 1. The fraction of sp³-hybridized carbons (Fsp3) is 0.467. The smallest absolute Gasteiger partial charge is 0.243 e. The maximum Gasteiger partial charge on any atom is 0.243 e. The van der Waals surface area contributed by atoms with E-state index in [0.717, 1.165) is 40.4 Å². The van der Waals surface area contributed by atoms with Gasteiger partial charge in [-0.15, -0.1) is 0 Å². The minimum absolute atomic E-state index is 0.172. The van der Waals surface area contributed by atoms with Crippen LogP contribution >= 0.6 is 15.9 Å². The predicted octanol–water partition coefficient (Wildman–Crippen LogP) is 4.31. The van der Waals surface area contributed by atoms with E-state index >= 15 is 0 Å². The Labute approximate surface area is 127 Å². The topological polar surface area (TPSA) is 64.9 Å². The van der Waals surface area contributed by atoms with Gasteiger partial charge in [0.25, 0.3) is 0 Å². The molecular formula is C15H20BrN3O. The number of aromatic nitrogens is 2. The molecule has 2 N–H and O–H groups in total. The lowest BCUT2D eigenvalue weighted by atomic mass is 10.1. The number of unbranched alkanes of at least 4 members (excludes halogenated alkanes) is 1. The molecule has 2 aromatic rings. The zero-order valence-electron chi connectivity index (χ0n) is 12.1. The molecule has 0 bridgehead atoms. The lowest BCUT2D eigenvalue weighted by Crippen LogP contribution is -2.10. The van der Waals surface area contributed by atoms with Crippen LogP contribution in [0.5, 0.6) is 0 Å². The summed E-state index contributed by atoms with van der Waals surface area (Å²) < 4.78 is 6.41. The SMILES string of the molecule is CCCC[C@H](N)c1nc(-c2cc(C)c(Br)c(C)c2)no1. The Morgan fingerprint density at radius 3 is 2.55 bits per heavy atom. The Morgan fingerprint density at radius 1 is 1.30 bits per heavy atom. The molecule has 0 aliphatic heterocycles. The highest BCUT2D eigenvalue weighted by atomic mass is 79.9. The van der Waals surface area contributed by atoms with Gasteiger partial charge < -0.3 is 10.3 Å². The van der Waals surface area contributed by atoms with Crippen molar-refractivity contribution in [1.29, 1.82) is 0 Å². The van der Waals surface area contributed by atoms with Gasteiger partial charge in [0.15, 0.2) is 0 Å². The summed E-state index contributed by atoms with van der Waals surface area (Å²) in [7, 11) is 0. The maximum absolute atomic E-state index is 6.05. The van der Waals surface area contributed by atoms with Crippen molar-refractivity contribution in [3.63, 3.8) is 0 Å². The molecule has 108 valence electrons. The highest BCUT2D eigenvalue weighted by molar-refractivity contribution is 9.10. The van der Waals surface area contributed by atoms with E-state index in [1.165, 1.54) is 0 Å². The highest BCUT2D eigenvalue weighted by Crippen LogP contribution is 2.27. The number of nitrogens with zero attached hydrogens (tertiary/aromatic N) is 2. The van der Waals surface area contributed by atoms with Gasteiger partial charge in [0.2, 0.25) is 11.7 Å². The van der Waals surface area contributed by atoms with Crippen LogP contribution in [-0.4, -0.2) is 10.1 Å². The maximum atomic E-state index is 6.05. The first-order valence-corrected chi connectivity index (χ1v) is 7.68. The molecule has 0 amide bonds. The van der Waals surface area contributed by atoms with Crippen molar-refractivity contribution < 1.29 is 4.52 Å². The fourth-order valence-electron chi connectivity index (χ4n) is 2.13. The van der Waals surface area contributed by atoms with Gasteiger partial charge >= 0.3 is 0 Å². The highest BCUT2D eigenvalue weighted by Gasteiger charge is 2.16. The number of rotatable bonds is 5. The second-order valence-corrected chi connectivity index (χ2v) is 5.92. The largest absolute Gasteiger partial charge is 0.337 e. The van der Waals surface area contributed by atoms with Crippen molar-refractivity contribution in [1.82, 2.24) is 10.1 Å². The van der Waals surface area contributed by atoms with Crippen molar-refractivity contribution in [2.24, 2.45) is 5.73 Å². The minimum atomic E-state index is -0.172. The van der Waals surface area contributed by atoms with Crippen LogP contribution in [0.3, 0.4) is 0 Å². The number of hydrogen-bond acceptors (Lipinski definition) is 4. The molecule has 5 heteroatoms. The van der Waals surface area contributed by atoms with Gasteiger partial charge in [0, 0.05) is 10.0 Å². The first kappa shape index (κ1) is 15.2. The van der Waals surface area contributed by atoms with Crippen molar-refractivity contribution >= 4 is 15.9 Å². The van der Waals surface area contributed by atoms with E-state index in [1.807, 2.05) is 12.1 Å². The van der Waals surface area contributed by atoms with E-state index in [-0.39, 0.29) is 6.04 Å². The second kappa shape index (κ2) is 6.50. The van der Waals surface area contributed by atoms with Gasteiger partial charge in [-0.1, -0.05) is 40.9 Å². The van der Waals surface area contributed by atoms with Gasteiger partial charge in [-0.05, 0) is 43.5 Å². The monoisotopic (exact) mass is 337 g/mol. The summed E-state index contributed by atoms with van der Waals surface area (Å²) in [6.07, 6.45) is 3.05. The van der Waals surface area contributed by atoms with Crippen LogP contribution in [0, 0.1) is 13.8 Å². The van der Waals surface area contributed by atoms with Crippen molar-refractivity contribution in [2.75, 3.05) is 0 Å². The number of halogens is 1. The van der Waals surface area contributed by atoms with E-state index < -0.39 is 0 Å². The van der Waals surface area contributed by atoms with E-state index in [2.05, 4.69) is 46.8 Å². The lowest BCUT2D eigenvalue weighted by molar-refractivity contribution is 0.346. The van der Waals surface area contributed by atoms with Crippen LogP contribution in [-0.2, 0) is 0 Å². The van der Waals surface area contributed by atoms with Crippen molar-refractivity contribution in [3.05, 3.63) is 33.6 Å². The van der Waals surface area contributed by atoms with Gasteiger partial charge in [0.05, 0.1) is 6.04 Å². The van der Waals surface area contributed by atoms with Gasteiger partial charge in [-0.2, -0.15) is 4.98 Å². The zero-order valence-corrected chi connectivity index (χ0v) is 13.7. The van der Waals surface area contributed by atoms with Crippen LogP contribution in [0.1, 0.15) is 49.2 Å². The standard InChI is InChI=1S/C15H20BrN3O/c1-4-5-6-12(17)15-18-14(19-20-15)11-7-9(2)13(16)10(3)8-11/h7-8,12H,4-6,17H2,1-3H3/t12-/m0/s1. The third kappa shape index (κ3) is 3.27. The summed E-state index contributed by atoms with van der Waals surface area (Å²) in [6.45, 7) is 6.24. The molecule has 20 heavy (non-hydrogen) atoms. The fourth-order valence-corrected chi connectivity index (χ4v) is 2.35. The van der Waals surface area contributed by atoms with Crippen LogP contribution in [0.2, 0.25) is 0 Å². The zero-order chi connectivity index (χ0) is 14.7. The molecule has 1 aromatic carbocycles. The summed E-state index contributed by atoms with van der Waals surface area (Å²) in [5.74, 6) is 1.12. The predicted molar refractivity (Wildman–Crippen MR) is 83.4 cm³/mol. The average Bonchev–Trinajstić information content (AvgIpc) is 2.91. The second-order valence-electron chi connectivity index (χ2n) is 5.13. The third-order valence-electron chi connectivity index (χ3n) is 3.32. The van der Waals surface area contributed by atoms with Crippen LogP contribution < -0.4 is 5.73 Å². The Morgan fingerprint density at radius 2 is 1.95 bits per heavy atom. The van der Waals surface area contributed by atoms with E-state index in [4.69, 9.17) is 10.3 Å². The molecule has 1 atom stereocenters. The molecule has 0 saturated carbocycles. The Kier molecular flexibility index (Phi) is 4.94. The first-order chi connectivity index (χ1) is 9.52. The van der Waals surface area contributed by atoms with Gasteiger partial charge in [-0.25, -0.2) is 0 Å². The average molecular weight is 338 g/mol. The number of hydrogen-bond donors (Lipinski definition) is 1. The molecule has 1 heterocycles. The molecule has 1 aromatic heterocycles. The normalized spacial score (nSPS) is 12.7. The Hall–Kier alpha value is -1.20. The van der Waals surface area contributed by atoms with E-state index in [9.17, 15) is 0 Å². The molecule has 0 radical (unpaired) electrons. The number of benzene rings is 1. The van der Waals surface area contributed by atoms with Crippen LogP contribution in [0.4, 0.5) is 0 Å². The first-order valence-electron chi connectivity index (χ1n) is 6.89. The summed E-state index contributed by atoms with van der Waals surface area (Å²) in [6, 6.07) is 3.92. The van der Waals surface area contributed by atoms with E-state index in [0.29, 0.717) is 11.7 Å². The molecule has 2 rings (SSSR count). The molecule has 0 unspecified atom stereocenters. The quantitative estimate of drug-likeness (QED) is 0.882. The molecule has 0 fully saturated rings. The Bertz CT molecular complexity index is 572. The summed E-state index contributed by atoms with van der Waals surface area (Å²) in [5.41, 5.74) is 9.32. The lowest BCUT2D eigenvalue weighted by Gasteiger charge is -2.05. The molecule has 0 aliphatic rings. The molecule has 0 aliphatic carbocycles. The minimum Gasteiger partial charge on any atom is -0.337 e. The van der Waals surface area contributed by atoms with Crippen molar-refractivity contribution in [2.45, 2.75) is 46.1 Å². The summed E-state index contributed by atoms with van der Waals surface area (Å²) in [4.78, 5) is 4.43. The van der Waals surface area contributed by atoms with Crippen LogP contribution in [0.15, 0.2) is 21.1 Å². The summed E-state index contributed by atoms with van der Waals surface area (Å²) in [5, 5.41) is 4.05. The number of aryl methyl sites for hydroxylation is 2. The van der Waals surface area contributed by atoms with Gasteiger partial charge in [0.1, 0.15) is 0 Å². The molecule has 4 nitrogen and oxygen atoms in total. The van der Waals surface area contributed by atoms with Gasteiger partial charge in [-0.3, -0.25) is 0 Å². The van der Waals surface area contributed by atoms with Crippen LogP contribution in [0.25, 0.3) is 11.4 Å². The molecular weight excluding hydrogens is 318 g/mol. The third-order valence-corrected chi connectivity index (χ3v) is 4.57. The van der Waals surface area contributed by atoms with Crippen molar-refractivity contribution in [3.8, 4) is 11.4 Å². The molecule has 0 saturated heterocycles. The Balaban J connectivity index is 2.24. The van der Waals surface area contributed by atoms with E-state index in [1.54, 1.807) is 0 Å². The molecule has 0 spiro atoms. The summed E-state index contributed by atoms with van der Waals surface area (Å²) >= 11 is 3.56.